The number of phenols is 1. The zero-order valence-corrected chi connectivity index (χ0v) is 9.84. The molecule has 0 bridgehead atoms. The van der Waals surface area contributed by atoms with E-state index in [1.165, 1.54) is 0 Å². The summed E-state index contributed by atoms with van der Waals surface area (Å²) in [6.45, 7) is 1.96. The molecule has 1 aromatic heterocycles. The van der Waals surface area contributed by atoms with Crippen LogP contribution in [0.15, 0.2) is 47.3 Å². The molecule has 0 fully saturated rings. The summed E-state index contributed by atoms with van der Waals surface area (Å²) in [6, 6.07) is 12.3. The van der Waals surface area contributed by atoms with Crippen molar-refractivity contribution in [3.8, 4) is 11.4 Å². The molecule has 0 amide bonds. The lowest BCUT2D eigenvalue weighted by atomic mass is 10.2. The number of H-pyrrole nitrogens is 1. The van der Waals surface area contributed by atoms with E-state index in [4.69, 9.17) is 0 Å². The zero-order chi connectivity index (χ0) is 12.7. The number of aromatic nitrogens is 2. The van der Waals surface area contributed by atoms with Crippen LogP contribution in [0.4, 0.5) is 0 Å². The van der Waals surface area contributed by atoms with E-state index in [-0.39, 0.29) is 11.4 Å². The maximum atomic E-state index is 12.0. The highest BCUT2D eigenvalue weighted by Gasteiger charge is 2.09. The molecule has 0 aliphatic carbocycles. The summed E-state index contributed by atoms with van der Waals surface area (Å²) in [6.07, 6.45) is 0. The van der Waals surface area contributed by atoms with E-state index in [0.717, 1.165) is 22.3 Å². The Morgan fingerprint density at radius 1 is 1.11 bits per heavy atom. The number of fused-ring (bicyclic) bond motifs is 1. The fourth-order valence-electron chi connectivity index (χ4n) is 2.13. The van der Waals surface area contributed by atoms with Crippen LogP contribution in [0, 0.1) is 6.92 Å². The molecule has 2 N–H and O–H groups in total. The van der Waals surface area contributed by atoms with E-state index >= 15 is 0 Å². The van der Waals surface area contributed by atoms with Crippen LogP contribution in [-0.4, -0.2) is 14.7 Å². The summed E-state index contributed by atoms with van der Waals surface area (Å²) in [5, 5.41) is 9.29. The van der Waals surface area contributed by atoms with Gasteiger partial charge in [0, 0.05) is 0 Å². The predicted molar refractivity (Wildman–Crippen MR) is 70.3 cm³/mol. The van der Waals surface area contributed by atoms with Crippen LogP contribution in [0.25, 0.3) is 16.7 Å². The van der Waals surface area contributed by atoms with E-state index in [1.54, 1.807) is 28.8 Å². The lowest BCUT2D eigenvalue weighted by Crippen LogP contribution is -2.14. The third kappa shape index (κ3) is 1.50. The number of nitrogens with one attached hydrogen (secondary N) is 1. The molecule has 3 rings (SSSR count). The molecule has 0 aliphatic heterocycles. The van der Waals surface area contributed by atoms with Gasteiger partial charge in [-0.2, -0.15) is 0 Å². The van der Waals surface area contributed by atoms with Gasteiger partial charge >= 0.3 is 5.69 Å². The largest absolute Gasteiger partial charge is 0.508 e. The van der Waals surface area contributed by atoms with E-state index in [1.807, 2.05) is 25.1 Å². The first kappa shape index (κ1) is 10.7. The summed E-state index contributed by atoms with van der Waals surface area (Å²) < 4.78 is 1.60. The number of rotatable bonds is 1. The van der Waals surface area contributed by atoms with Crippen molar-refractivity contribution in [3.63, 3.8) is 0 Å². The molecule has 0 radical (unpaired) electrons. The maximum Gasteiger partial charge on any atom is 0.331 e. The molecule has 0 spiro atoms. The van der Waals surface area contributed by atoms with Crippen LogP contribution in [0.2, 0.25) is 0 Å². The van der Waals surface area contributed by atoms with E-state index in [0.29, 0.717) is 0 Å². The van der Waals surface area contributed by atoms with Gasteiger partial charge in [-0.05, 0) is 42.8 Å². The second kappa shape index (κ2) is 3.77. The number of aromatic hydroxyl groups is 1. The predicted octanol–water partition coefficient (Wildman–Crippen LogP) is 2.33. The average molecular weight is 240 g/mol. The van der Waals surface area contributed by atoms with Crippen LogP contribution in [0.5, 0.6) is 5.75 Å². The minimum Gasteiger partial charge on any atom is -0.508 e. The van der Waals surface area contributed by atoms with Gasteiger partial charge in [0.2, 0.25) is 0 Å². The lowest BCUT2D eigenvalue weighted by molar-refractivity contribution is 0.475. The van der Waals surface area contributed by atoms with E-state index in [9.17, 15) is 9.90 Å². The Morgan fingerprint density at radius 3 is 2.56 bits per heavy atom. The molecule has 0 saturated heterocycles. The van der Waals surface area contributed by atoms with Crippen molar-refractivity contribution in [1.82, 2.24) is 9.55 Å². The lowest BCUT2D eigenvalue weighted by Gasteiger charge is -2.03. The van der Waals surface area contributed by atoms with Gasteiger partial charge in [-0.1, -0.05) is 12.1 Å². The quantitative estimate of drug-likeness (QED) is 0.685. The number of para-hydroxylation sites is 1. The van der Waals surface area contributed by atoms with Crippen LogP contribution < -0.4 is 5.69 Å². The zero-order valence-electron chi connectivity index (χ0n) is 9.84. The molecule has 0 atom stereocenters. The SMILES string of the molecule is Cc1cccc2c1[nH]c(=O)n2-c1ccc(O)cc1. The van der Waals surface area contributed by atoms with E-state index in [2.05, 4.69) is 4.98 Å². The van der Waals surface area contributed by atoms with Gasteiger partial charge in [-0.15, -0.1) is 0 Å². The van der Waals surface area contributed by atoms with Crippen molar-refractivity contribution >= 4 is 11.0 Å². The first-order valence-electron chi connectivity index (χ1n) is 5.66. The highest BCUT2D eigenvalue weighted by molar-refractivity contribution is 5.80. The Balaban J connectivity index is 2.35. The summed E-state index contributed by atoms with van der Waals surface area (Å²) >= 11 is 0. The molecule has 0 aliphatic rings. The van der Waals surface area contributed by atoms with Crippen molar-refractivity contribution in [2.45, 2.75) is 6.92 Å². The molecule has 18 heavy (non-hydrogen) atoms. The summed E-state index contributed by atoms with van der Waals surface area (Å²) in [4.78, 5) is 14.9. The number of nitrogens with zero attached hydrogens (tertiary/aromatic N) is 1. The highest BCUT2D eigenvalue weighted by Crippen LogP contribution is 2.19. The normalized spacial score (nSPS) is 10.9. The molecule has 1 heterocycles. The van der Waals surface area contributed by atoms with Crippen LogP contribution in [0.3, 0.4) is 0 Å². The van der Waals surface area contributed by atoms with Gasteiger partial charge in [-0.3, -0.25) is 4.57 Å². The van der Waals surface area contributed by atoms with Gasteiger partial charge in [-0.25, -0.2) is 4.79 Å². The Morgan fingerprint density at radius 2 is 1.83 bits per heavy atom. The number of imidazole rings is 1. The van der Waals surface area contributed by atoms with Crippen molar-refractivity contribution in [1.29, 1.82) is 0 Å². The van der Waals surface area contributed by atoms with Crippen molar-refractivity contribution in [2.24, 2.45) is 0 Å². The van der Waals surface area contributed by atoms with Gasteiger partial charge in [0.25, 0.3) is 0 Å². The minimum absolute atomic E-state index is 0.176. The third-order valence-electron chi connectivity index (χ3n) is 3.03. The second-order valence-corrected chi connectivity index (χ2v) is 4.25. The Labute approximate surface area is 103 Å². The number of hydrogen-bond acceptors (Lipinski definition) is 2. The number of hydrogen-bond donors (Lipinski definition) is 2. The molecule has 4 heteroatoms. The molecule has 4 nitrogen and oxygen atoms in total. The van der Waals surface area contributed by atoms with E-state index < -0.39 is 0 Å². The second-order valence-electron chi connectivity index (χ2n) is 4.25. The Bertz CT molecular complexity index is 767. The summed E-state index contributed by atoms with van der Waals surface area (Å²) in [5.74, 6) is 0.183. The first-order chi connectivity index (χ1) is 8.66. The molecular formula is C14H12N2O2. The molecule has 0 saturated carbocycles. The van der Waals surface area contributed by atoms with Gasteiger partial charge in [0.05, 0.1) is 16.7 Å². The third-order valence-corrected chi connectivity index (χ3v) is 3.03. The fraction of sp³-hybridized carbons (Fsp3) is 0.0714. The molecule has 3 aromatic rings. The number of benzene rings is 2. The van der Waals surface area contributed by atoms with Crippen molar-refractivity contribution < 1.29 is 5.11 Å². The standard InChI is InChI=1S/C14H12N2O2/c1-9-3-2-4-12-13(9)15-14(18)16(12)10-5-7-11(17)8-6-10/h2-8,17H,1H3,(H,15,18). The molecule has 2 aromatic carbocycles. The number of phenolic OH excluding ortho intramolecular Hbond substituents is 1. The molecule has 90 valence electrons. The number of aromatic amines is 1. The van der Waals surface area contributed by atoms with Crippen molar-refractivity contribution in [3.05, 3.63) is 58.5 Å². The smallest absolute Gasteiger partial charge is 0.331 e. The van der Waals surface area contributed by atoms with Crippen LogP contribution in [-0.2, 0) is 0 Å². The van der Waals surface area contributed by atoms with Crippen molar-refractivity contribution in [2.75, 3.05) is 0 Å². The van der Waals surface area contributed by atoms with Gasteiger partial charge in [0.15, 0.2) is 0 Å². The maximum absolute atomic E-state index is 12.0. The average Bonchev–Trinajstić information content (AvgIpc) is 2.69. The topological polar surface area (TPSA) is 58.0 Å². The summed E-state index contributed by atoms with van der Waals surface area (Å²) in [5.41, 5.74) is 3.27. The minimum atomic E-state index is -0.176. The Hall–Kier alpha value is -2.49. The monoisotopic (exact) mass is 240 g/mol. The van der Waals surface area contributed by atoms with Gasteiger partial charge < -0.3 is 10.1 Å². The van der Waals surface area contributed by atoms with Gasteiger partial charge in [0.1, 0.15) is 5.75 Å². The Kier molecular flexibility index (Phi) is 2.23. The molecular weight excluding hydrogens is 228 g/mol. The van der Waals surface area contributed by atoms with Crippen LogP contribution >= 0.6 is 0 Å². The summed E-state index contributed by atoms with van der Waals surface area (Å²) in [7, 11) is 0. The number of aryl methyl sites for hydroxylation is 1. The fourth-order valence-corrected chi connectivity index (χ4v) is 2.13. The first-order valence-corrected chi connectivity index (χ1v) is 5.66. The highest BCUT2D eigenvalue weighted by atomic mass is 16.3. The van der Waals surface area contributed by atoms with Crippen LogP contribution in [0.1, 0.15) is 5.56 Å². The molecule has 0 unspecified atom stereocenters.